The lowest BCUT2D eigenvalue weighted by molar-refractivity contribution is -0.120. The second-order valence-electron chi connectivity index (χ2n) is 5.51. The normalized spacial score (nSPS) is 19.8. The van der Waals surface area contributed by atoms with Crippen molar-refractivity contribution in [3.8, 4) is 6.07 Å². The molecule has 118 valence electrons. The first-order valence-electron chi connectivity index (χ1n) is 6.96. The van der Waals surface area contributed by atoms with Crippen LogP contribution < -0.4 is 4.72 Å². The van der Waals surface area contributed by atoms with E-state index in [0.29, 0.717) is 6.42 Å². The Labute approximate surface area is 133 Å². The highest BCUT2D eigenvalue weighted by Crippen LogP contribution is 2.47. The maximum absolute atomic E-state index is 12.2. The van der Waals surface area contributed by atoms with Gasteiger partial charge in [0.15, 0.2) is 0 Å². The second kappa shape index (κ2) is 5.52. The first kappa shape index (κ1) is 15.2. The van der Waals surface area contributed by atoms with Crippen molar-refractivity contribution in [3.05, 3.63) is 47.8 Å². The van der Waals surface area contributed by atoms with Gasteiger partial charge in [-0.2, -0.15) is 10.4 Å². The molecule has 1 aliphatic carbocycles. The third-order valence-corrected chi connectivity index (χ3v) is 5.13. The van der Waals surface area contributed by atoms with E-state index >= 15 is 0 Å². The number of amides is 1. The van der Waals surface area contributed by atoms with E-state index in [1.54, 1.807) is 17.9 Å². The van der Waals surface area contributed by atoms with Crippen LogP contribution >= 0.6 is 0 Å². The predicted octanol–water partition coefficient (Wildman–Crippen LogP) is 0.900. The van der Waals surface area contributed by atoms with Crippen molar-refractivity contribution in [2.24, 2.45) is 13.0 Å². The molecule has 1 amide bonds. The van der Waals surface area contributed by atoms with Gasteiger partial charge in [-0.1, -0.05) is 6.07 Å². The number of nitrogens with zero attached hydrogens (tertiary/aromatic N) is 3. The van der Waals surface area contributed by atoms with Gasteiger partial charge < -0.3 is 0 Å². The van der Waals surface area contributed by atoms with Gasteiger partial charge in [-0.25, -0.2) is 13.1 Å². The Balaban J connectivity index is 1.71. The molecule has 7 nitrogen and oxygen atoms in total. The molecule has 0 saturated heterocycles. The van der Waals surface area contributed by atoms with Crippen LogP contribution in [0.15, 0.2) is 41.6 Å². The Morgan fingerprint density at radius 2 is 2.26 bits per heavy atom. The maximum atomic E-state index is 12.2. The molecule has 8 heteroatoms. The Bertz CT molecular complexity index is 911. The lowest BCUT2D eigenvalue weighted by atomic mass is 10.2. The number of benzene rings is 1. The summed E-state index contributed by atoms with van der Waals surface area (Å²) in [6.07, 6.45) is 4.11. The summed E-state index contributed by atoms with van der Waals surface area (Å²) in [7, 11) is -2.18. The van der Waals surface area contributed by atoms with Crippen LogP contribution in [0.4, 0.5) is 0 Å². The number of carbonyl (C=O) groups is 1. The van der Waals surface area contributed by atoms with Crippen molar-refractivity contribution in [3.63, 3.8) is 0 Å². The average Bonchev–Trinajstić information content (AvgIpc) is 3.22. The maximum Gasteiger partial charge on any atom is 0.264 e. The molecule has 0 radical (unpaired) electrons. The molecule has 0 bridgehead atoms. The Hall–Kier alpha value is -2.66. The first-order valence-corrected chi connectivity index (χ1v) is 8.44. The average molecular weight is 330 g/mol. The molecule has 1 saturated carbocycles. The van der Waals surface area contributed by atoms with Gasteiger partial charge in [0.1, 0.15) is 0 Å². The molecule has 2 unspecified atom stereocenters. The number of rotatable bonds is 4. The highest BCUT2D eigenvalue weighted by atomic mass is 32.2. The van der Waals surface area contributed by atoms with Gasteiger partial charge in [0, 0.05) is 19.2 Å². The lowest BCUT2D eigenvalue weighted by Crippen LogP contribution is -2.32. The number of aromatic nitrogens is 2. The van der Waals surface area contributed by atoms with Gasteiger partial charge in [0.2, 0.25) is 5.91 Å². The molecule has 0 spiro atoms. The van der Waals surface area contributed by atoms with E-state index in [1.165, 1.54) is 24.3 Å². The molecular weight excluding hydrogens is 316 g/mol. The predicted molar refractivity (Wildman–Crippen MR) is 80.5 cm³/mol. The van der Waals surface area contributed by atoms with Crippen LogP contribution in [0.3, 0.4) is 0 Å². The van der Waals surface area contributed by atoms with Gasteiger partial charge in [-0.15, -0.1) is 0 Å². The summed E-state index contributed by atoms with van der Waals surface area (Å²) in [6.45, 7) is 0. The molecule has 2 atom stereocenters. The molecule has 1 aliphatic rings. The van der Waals surface area contributed by atoms with Gasteiger partial charge in [0.25, 0.3) is 10.0 Å². The largest absolute Gasteiger partial charge is 0.276 e. The zero-order valence-electron chi connectivity index (χ0n) is 12.3. The number of sulfonamides is 1. The zero-order valence-corrected chi connectivity index (χ0v) is 13.1. The fourth-order valence-electron chi connectivity index (χ4n) is 2.48. The Morgan fingerprint density at radius 1 is 1.48 bits per heavy atom. The summed E-state index contributed by atoms with van der Waals surface area (Å²) in [5.74, 6) is -0.890. The highest BCUT2D eigenvalue weighted by Gasteiger charge is 2.45. The van der Waals surface area contributed by atoms with Crippen LogP contribution in [0.5, 0.6) is 0 Å². The van der Waals surface area contributed by atoms with Crippen LogP contribution in [-0.4, -0.2) is 24.1 Å². The molecule has 1 aromatic heterocycles. The number of aryl methyl sites for hydroxylation is 1. The molecule has 0 aliphatic heterocycles. The summed E-state index contributed by atoms with van der Waals surface area (Å²) in [5, 5.41) is 12.9. The van der Waals surface area contributed by atoms with Crippen molar-refractivity contribution in [2.75, 3.05) is 0 Å². The van der Waals surface area contributed by atoms with Crippen LogP contribution in [-0.2, 0) is 21.9 Å². The van der Waals surface area contributed by atoms with E-state index in [1.807, 2.05) is 12.3 Å². The van der Waals surface area contributed by atoms with Gasteiger partial charge in [-0.05, 0) is 36.1 Å². The second-order valence-corrected chi connectivity index (χ2v) is 7.19. The Kier molecular flexibility index (Phi) is 3.66. The van der Waals surface area contributed by atoms with Crippen LogP contribution in [0.25, 0.3) is 0 Å². The molecule has 23 heavy (non-hydrogen) atoms. The number of nitrogens with one attached hydrogen (secondary N) is 1. The number of carbonyl (C=O) groups excluding carboxylic acids is 1. The number of hydrogen-bond donors (Lipinski definition) is 1. The lowest BCUT2D eigenvalue weighted by Gasteiger charge is -2.06. The minimum absolute atomic E-state index is 0.00402. The van der Waals surface area contributed by atoms with E-state index in [2.05, 4.69) is 9.82 Å². The van der Waals surface area contributed by atoms with E-state index in [9.17, 15) is 13.2 Å². The van der Waals surface area contributed by atoms with Gasteiger partial charge in [0.05, 0.1) is 22.7 Å². The first-order chi connectivity index (χ1) is 10.9. The van der Waals surface area contributed by atoms with E-state index in [4.69, 9.17) is 5.26 Å². The summed E-state index contributed by atoms with van der Waals surface area (Å²) in [4.78, 5) is 12.1. The van der Waals surface area contributed by atoms with E-state index < -0.39 is 15.9 Å². The van der Waals surface area contributed by atoms with Crippen LogP contribution in [0.2, 0.25) is 0 Å². The minimum atomic E-state index is -3.97. The van der Waals surface area contributed by atoms with E-state index in [-0.39, 0.29) is 22.3 Å². The number of hydrogen-bond acceptors (Lipinski definition) is 5. The zero-order chi connectivity index (χ0) is 16.6. The molecule has 1 fully saturated rings. The topological polar surface area (TPSA) is 105 Å². The minimum Gasteiger partial charge on any atom is -0.276 e. The summed E-state index contributed by atoms with van der Waals surface area (Å²) in [5.41, 5.74) is 1.15. The third kappa shape index (κ3) is 3.10. The smallest absolute Gasteiger partial charge is 0.264 e. The van der Waals surface area contributed by atoms with Crippen molar-refractivity contribution in [1.82, 2.24) is 14.5 Å². The quantitative estimate of drug-likeness (QED) is 0.897. The SMILES string of the molecule is Cn1cc(C2CC2C(=O)NS(=O)(=O)c2cccc(C#N)c2)cn1. The highest BCUT2D eigenvalue weighted by molar-refractivity contribution is 7.90. The fourth-order valence-corrected chi connectivity index (χ4v) is 3.56. The summed E-state index contributed by atoms with van der Waals surface area (Å²) in [6, 6.07) is 7.42. The van der Waals surface area contributed by atoms with Gasteiger partial charge >= 0.3 is 0 Å². The van der Waals surface area contributed by atoms with E-state index in [0.717, 1.165) is 5.56 Å². The van der Waals surface area contributed by atoms with Crippen molar-refractivity contribution >= 4 is 15.9 Å². The molecule has 2 aromatic rings. The molecule has 1 N–H and O–H groups in total. The monoisotopic (exact) mass is 330 g/mol. The van der Waals surface area contributed by atoms with Gasteiger partial charge in [-0.3, -0.25) is 9.48 Å². The molecule has 1 heterocycles. The number of nitriles is 1. The van der Waals surface area contributed by atoms with Crippen molar-refractivity contribution in [2.45, 2.75) is 17.2 Å². The standard InChI is InChI=1S/C15H14N4O3S/c1-19-9-11(8-17-19)13-6-14(13)15(20)18-23(21,22)12-4-2-3-10(5-12)7-16/h2-5,8-9,13-14H,6H2,1H3,(H,18,20). The summed E-state index contributed by atoms with van der Waals surface area (Å²) >= 11 is 0. The fraction of sp³-hybridized carbons (Fsp3) is 0.267. The third-order valence-electron chi connectivity index (χ3n) is 3.79. The van der Waals surface area contributed by atoms with Crippen LogP contribution in [0.1, 0.15) is 23.5 Å². The molecular formula is C15H14N4O3S. The van der Waals surface area contributed by atoms with Crippen molar-refractivity contribution < 1.29 is 13.2 Å². The molecule has 1 aromatic carbocycles. The summed E-state index contributed by atoms with van der Waals surface area (Å²) < 4.78 is 28.2. The molecule has 3 rings (SSSR count). The van der Waals surface area contributed by atoms with Crippen LogP contribution in [0, 0.1) is 17.2 Å². The Morgan fingerprint density at radius 3 is 2.91 bits per heavy atom. The van der Waals surface area contributed by atoms with Crippen molar-refractivity contribution in [1.29, 1.82) is 5.26 Å².